The van der Waals surface area contributed by atoms with Crippen molar-refractivity contribution < 1.29 is 4.79 Å². The van der Waals surface area contributed by atoms with Crippen LogP contribution in [0.5, 0.6) is 0 Å². The fraction of sp³-hybridized carbons (Fsp3) is 0.286. The van der Waals surface area contributed by atoms with E-state index in [9.17, 15) is 4.79 Å². The molecule has 2 nitrogen and oxygen atoms in total. The third-order valence-electron chi connectivity index (χ3n) is 4.58. The molecule has 0 radical (unpaired) electrons. The molecule has 0 amide bonds. The van der Waals surface area contributed by atoms with Crippen molar-refractivity contribution in [1.82, 2.24) is 0 Å². The Morgan fingerprint density at radius 2 is 1.65 bits per heavy atom. The van der Waals surface area contributed by atoms with Crippen LogP contribution in [0.2, 0.25) is 0 Å². The van der Waals surface area contributed by atoms with Gasteiger partial charge in [0, 0.05) is 29.9 Å². The monoisotopic (exact) mass is 305 g/mol. The Bertz CT molecular complexity index is 724. The maximum atomic E-state index is 12.6. The van der Waals surface area contributed by atoms with Gasteiger partial charge >= 0.3 is 0 Å². The number of fused-ring (bicyclic) bond motifs is 1. The first-order valence-corrected chi connectivity index (χ1v) is 8.41. The molecule has 0 spiro atoms. The Morgan fingerprint density at radius 3 is 2.35 bits per heavy atom. The summed E-state index contributed by atoms with van der Waals surface area (Å²) in [6.45, 7) is 6.34. The number of Topliss-reactive ketones (excluding diaryl/α,β-unsaturated/α-hetero) is 1. The number of carbonyl (C=O) groups excluding carboxylic acids is 1. The number of ketones is 1. The molecule has 2 heteroatoms. The number of rotatable bonds is 4. The predicted molar refractivity (Wildman–Crippen MR) is 97.1 cm³/mol. The number of hydrogen-bond donors (Lipinski definition) is 0. The molecule has 0 bridgehead atoms. The third-order valence-corrected chi connectivity index (χ3v) is 4.58. The molecule has 23 heavy (non-hydrogen) atoms. The average molecular weight is 305 g/mol. The van der Waals surface area contributed by atoms with Crippen molar-refractivity contribution in [1.29, 1.82) is 0 Å². The van der Waals surface area contributed by atoms with Crippen molar-refractivity contribution in [2.24, 2.45) is 0 Å². The van der Waals surface area contributed by atoms with E-state index in [1.165, 1.54) is 11.3 Å². The molecule has 0 saturated carbocycles. The Balaban J connectivity index is 1.84. The van der Waals surface area contributed by atoms with Crippen molar-refractivity contribution in [3.05, 3.63) is 70.8 Å². The van der Waals surface area contributed by atoms with Crippen LogP contribution in [0.1, 0.15) is 41.8 Å². The van der Waals surface area contributed by atoms with Gasteiger partial charge in [0.05, 0.1) is 0 Å². The van der Waals surface area contributed by atoms with E-state index in [1.54, 1.807) is 0 Å². The zero-order valence-corrected chi connectivity index (χ0v) is 13.9. The molecule has 0 saturated heterocycles. The number of aryl methyl sites for hydroxylation is 1. The molecule has 3 rings (SSSR count). The molecule has 118 valence electrons. The van der Waals surface area contributed by atoms with Gasteiger partial charge in [0.25, 0.3) is 0 Å². The molecule has 0 fully saturated rings. The molecule has 1 aliphatic carbocycles. The summed E-state index contributed by atoms with van der Waals surface area (Å²) >= 11 is 0. The summed E-state index contributed by atoms with van der Waals surface area (Å²) in [5.74, 6) is 0.180. The molecule has 0 unspecified atom stereocenters. The molecular weight excluding hydrogens is 282 g/mol. The maximum absolute atomic E-state index is 12.6. The number of hydrogen-bond acceptors (Lipinski definition) is 2. The zero-order chi connectivity index (χ0) is 16.2. The van der Waals surface area contributed by atoms with E-state index < -0.39 is 0 Å². The Kier molecular flexibility index (Phi) is 4.61. The highest BCUT2D eigenvalue weighted by molar-refractivity contribution is 6.13. The van der Waals surface area contributed by atoms with Gasteiger partial charge in [0.2, 0.25) is 0 Å². The standard InChI is InChI=1S/C21H23NO/c1-3-22(4-2)19-13-9-16(10-14-19)15-18-12-11-17-7-5-6-8-20(17)21(18)23/h5-10,13-15H,3-4,11-12H2,1-2H3/b18-15-. The number of allylic oxidation sites excluding steroid dienone is 1. The normalized spacial score (nSPS) is 15.6. The minimum absolute atomic E-state index is 0.180. The minimum atomic E-state index is 0.180. The van der Waals surface area contributed by atoms with E-state index in [2.05, 4.69) is 49.1 Å². The molecule has 0 N–H and O–H groups in total. The van der Waals surface area contributed by atoms with Crippen molar-refractivity contribution in [2.45, 2.75) is 26.7 Å². The van der Waals surface area contributed by atoms with Crippen LogP contribution in [0.15, 0.2) is 54.1 Å². The number of benzene rings is 2. The predicted octanol–water partition coefficient (Wildman–Crippen LogP) is 4.75. The second-order valence-corrected chi connectivity index (χ2v) is 5.92. The summed E-state index contributed by atoms with van der Waals surface area (Å²) in [4.78, 5) is 14.9. The van der Waals surface area contributed by atoms with E-state index in [1.807, 2.05) is 24.3 Å². The lowest BCUT2D eigenvalue weighted by molar-refractivity contribution is 0.102. The summed E-state index contributed by atoms with van der Waals surface area (Å²) in [7, 11) is 0. The number of carbonyl (C=O) groups is 1. The molecule has 0 heterocycles. The second-order valence-electron chi connectivity index (χ2n) is 5.92. The average Bonchev–Trinajstić information content (AvgIpc) is 2.60. The van der Waals surface area contributed by atoms with Gasteiger partial charge in [0.15, 0.2) is 5.78 Å². The highest BCUT2D eigenvalue weighted by atomic mass is 16.1. The van der Waals surface area contributed by atoms with Crippen LogP contribution in [0.4, 0.5) is 5.69 Å². The van der Waals surface area contributed by atoms with Gasteiger partial charge in [-0.05, 0) is 56.0 Å². The summed E-state index contributed by atoms with van der Waals surface area (Å²) in [5.41, 5.74) is 5.29. The summed E-state index contributed by atoms with van der Waals surface area (Å²) in [5, 5.41) is 0. The fourth-order valence-electron chi connectivity index (χ4n) is 3.22. The number of nitrogens with zero attached hydrogens (tertiary/aromatic N) is 1. The lowest BCUT2D eigenvalue weighted by Gasteiger charge is -2.21. The number of anilines is 1. The molecule has 2 aromatic rings. The van der Waals surface area contributed by atoms with Gasteiger partial charge in [-0.25, -0.2) is 0 Å². The highest BCUT2D eigenvalue weighted by Crippen LogP contribution is 2.27. The van der Waals surface area contributed by atoms with Crippen molar-refractivity contribution in [3.63, 3.8) is 0 Å². The molecule has 2 aromatic carbocycles. The highest BCUT2D eigenvalue weighted by Gasteiger charge is 2.20. The first-order valence-electron chi connectivity index (χ1n) is 8.41. The SMILES string of the molecule is CCN(CC)c1ccc(/C=C2/CCc3ccccc3C2=O)cc1. The zero-order valence-electron chi connectivity index (χ0n) is 13.9. The largest absolute Gasteiger partial charge is 0.372 e. The quantitative estimate of drug-likeness (QED) is 0.760. The molecule has 0 atom stereocenters. The van der Waals surface area contributed by atoms with Crippen LogP contribution in [-0.4, -0.2) is 18.9 Å². The Hall–Kier alpha value is -2.35. The van der Waals surface area contributed by atoms with Gasteiger partial charge in [-0.3, -0.25) is 4.79 Å². The topological polar surface area (TPSA) is 20.3 Å². The minimum Gasteiger partial charge on any atom is -0.372 e. The third kappa shape index (κ3) is 3.21. The molecule has 0 aromatic heterocycles. The Labute approximate surface area is 138 Å². The first-order chi connectivity index (χ1) is 11.2. The van der Waals surface area contributed by atoms with E-state index in [4.69, 9.17) is 0 Å². The van der Waals surface area contributed by atoms with Gasteiger partial charge in [-0.2, -0.15) is 0 Å². The van der Waals surface area contributed by atoms with Gasteiger partial charge in [-0.15, -0.1) is 0 Å². The van der Waals surface area contributed by atoms with Crippen molar-refractivity contribution in [3.8, 4) is 0 Å². The molecule has 0 aliphatic heterocycles. The van der Waals surface area contributed by atoms with Crippen LogP contribution in [0.25, 0.3) is 6.08 Å². The van der Waals surface area contributed by atoms with Crippen molar-refractivity contribution in [2.75, 3.05) is 18.0 Å². The van der Waals surface area contributed by atoms with Crippen LogP contribution in [0, 0.1) is 0 Å². The summed E-state index contributed by atoms with van der Waals surface area (Å²) in [6.07, 6.45) is 3.82. The second kappa shape index (κ2) is 6.82. The van der Waals surface area contributed by atoms with Gasteiger partial charge < -0.3 is 4.90 Å². The summed E-state index contributed by atoms with van der Waals surface area (Å²) < 4.78 is 0. The van der Waals surface area contributed by atoms with E-state index in [0.29, 0.717) is 0 Å². The molecular formula is C21H23NO. The van der Waals surface area contributed by atoms with E-state index in [-0.39, 0.29) is 5.78 Å². The lowest BCUT2D eigenvalue weighted by atomic mass is 9.86. The van der Waals surface area contributed by atoms with Crippen LogP contribution < -0.4 is 4.90 Å². The summed E-state index contributed by atoms with van der Waals surface area (Å²) in [6, 6.07) is 16.4. The lowest BCUT2D eigenvalue weighted by Crippen LogP contribution is -2.21. The first kappa shape index (κ1) is 15.5. The van der Waals surface area contributed by atoms with E-state index in [0.717, 1.165) is 42.6 Å². The smallest absolute Gasteiger partial charge is 0.189 e. The van der Waals surface area contributed by atoms with Gasteiger partial charge in [-0.1, -0.05) is 36.4 Å². The fourth-order valence-corrected chi connectivity index (χ4v) is 3.22. The maximum Gasteiger partial charge on any atom is 0.189 e. The van der Waals surface area contributed by atoms with E-state index >= 15 is 0 Å². The van der Waals surface area contributed by atoms with Crippen LogP contribution >= 0.6 is 0 Å². The van der Waals surface area contributed by atoms with Crippen molar-refractivity contribution >= 4 is 17.5 Å². The van der Waals surface area contributed by atoms with Crippen LogP contribution in [-0.2, 0) is 6.42 Å². The molecule has 1 aliphatic rings. The van der Waals surface area contributed by atoms with Crippen LogP contribution in [0.3, 0.4) is 0 Å². The van der Waals surface area contributed by atoms with Gasteiger partial charge in [0.1, 0.15) is 0 Å². The Morgan fingerprint density at radius 1 is 0.957 bits per heavy atom.